The molecule has 1 aromatic rings. The number of carbonyl (C=O) groups excluding carboxylic acids is 2. The molecule has 5 atom stereocenters. The van der Waals surface area contributed by atoms with Gasteiger partial charge in [0.25, 0.3) is 8.32 Å². The van der Waals surface area contributed by atoms with Crippen LogP contribution in [0.3, 0.4) is 0 Å². The first-order valence-corrected chi connectivity index (χ1v) is 17.6. The monoisotopic (exact) mass is 587 g/mol. The highest BCUT2D eigenvalue weighted by Crippen LogP contribution is 2.43. The van der Waals surface area contributed by atoms with Crippen LogP contribution in [-0.2, 0) is 25.2 Å². The van der Waals surface area contributed by atoms with Crippen molar-refractivity contribution in [3.63, 3.8) is 0 Å². The molecule has 41 heavy (non-hydrogen) atoms. The minimum absolute atomic E-state index is 0.00873. The van der Waals surface area contributed by atoms with Crippen LogP contribution in [0.5, 0.6) is 0 Å². The van der Waals surface area contributed by atoms with Crippen molar-refractivity contribution >= 4 is 20.4 Å². The Morgan fingerprint density at radius 2 is 1.66 bits per heavy atom. The van der Waals surface area contributed by atoms with Crippen LogP contribution >= 0.6 is 0 Å². The van der Waals surface area contributed by atoms with E-state index in [1.54, 1.807) is 24.1 Å². The maximum absolute atomic E-state index is 13.4. The molecule has 1 aliphatic carbocycles. The number of aliphatic hydroxyl groups is 1. The van der Waals surface area contributed by atoms with Gasteiger partial charge in [0.15, 0.2) is 0 Å². The van der Waals surface area contributed by atoms with Gasteiger partial charge in [-0.15, -0.1) is 0 Å². The molecule has 0 aromatic heterocycles. The van der Waals surface area contributed by atoms with E-state index in [0.717, 1.165) is 18.4 Å². The molecule has 1 heterocycles. The van der Waals surface area contributed by atoms with E-state index in [2.05, 4.69) is 62.3 Å². The van der Waals surface area contributed by atoms with Gasteiger partial charge in [0.1, 0.15) is 6.10 Å². The maximum Gasteiger partial charge on any atom is 0.396 e. The van der Waals surface area contributed by atoms with Gasteiger partial charge >= 0.3 is 12.1 Å². The van der Waals surface area contributed by atoms with Crippen LogP contribution < -0.4 is 0 Å². The molecule has 1 aromatic carbocycles. The number of ether oxygens (including phenoxy) is 2. The Labute approximate surface area is 248 Å². The van der Waals surface area contributed by atoms with Gasteiger partial charge in [0, 0.05) is 13.6 Å². The fourth-order valence-corrected chi connectivity index (χ4v) is 12.3. The fourth-order valence-electron chi connectivity index (χ4n) is 7.15. The molecule has 7 nitrogen and oxygen atoms in total. The van der Waals surface area contributed by atoms with E-state index in [1.807, 2.05) is 18.2 Å². The minimum Gasteiger partial charge on any atom is -0.503 e. The summed E-state index contributed by atoms with van der Waals surface area (Å²) in [6.45, 7) is 19.8. The zero-order valence-electron chi connectivity index (χ0n) is 26.8. The summed E-state index contributed by atoms with van der Waals surface area (Å²) in [5, 5.41) is 11.4. The molecule has 0 bridgehead atoms. The molecule has 1 fully saturated rings. The van der Waals surface area contributed by atoms with Crippen LogP contribution in [0.2, 0.25) is 16.6 Å². The lowest BCUT2D eigenvalue weighted by atomic mass is 9.75. The van der Waals surface area contributed by atoms with Crippen molar-refractivity contribution in [3.05, 3.63) is 47.0 Å². The van der Waals surface area contributed by atoms with Gasteiger partial charge in [0.05, 0.1) is 11.7 Å². The summed E-state index contributed by atoms with van der Waals surface area (Å²) in [6, 6.07) is 7.34. The van der Waals surface area contributed by atoms with Gasteiger partial charge < -0.3 is 23.9 Å². The average Bonchev–Trinajstić information content (AvgIpc) is 3.25. The normalized spacial score (nSPS) is 24.2. The number of hydrogen-bond acceptors (Lipinski definition) is 6. The number of benzene rings is 1. The lowest BCUT2D eigenvalue weighted by molar-refractivity contribution is -0.179. The third-order valence-corrected chi connectivity index (χ3v) is 15.3. The zero-order valence-corrected chi connectivity index (χ0v) is 27.8. The quantitative estimate of drug-likeness (QED) is 0.210. The van der Waals surface area contributed by atoms with Crippen molar-refractivity contribution in [2.24, 2.45) is 17.8 Å². The summed E-state index contributed by atoms with van der Waals surface area (Å²) in [5.74, 6) is 0.874. The second kappa shape index (κ2) is 13.9. The van der Waals surface area contributed by atoms with Crippen molar-refractivity contribution < 1.29 is 28.6 Å². The number of aliphatic hydroxyl groups excluding tert-OH is 1. The van der Waals surface area contributed by atoms with E-state index < -0.39 is 26.7 Å². The molecular weight excluding hydrogens is 534 g/mol. The smallest absolute Gasteiger partial charge is 0.396 e. The molecule has 1 amide bonds. The lowest BCUT2D eigenvalue weighted by Crippen LogP contribution is -2.51. The molecule has 2 aliphatic rings. The molecule has 8 heteroatoms. The van der Waals surface area contributed by atoms with E-state index in [1.165, 1.54) is 6.42 Å². The average molecular weight is 588 g/mol. The molecule has 3 rings (SSSR count). The Bertz CT molecular complexity index is 1060. The number of hydrogen-bond donors (Lipinski definition) is 1. The van der Waals surface area contributed by atoms with Crippen LogP contribution in [-0.4, -0.2) is 49.8 Å². The Morgan fingerprint density at radius 1 is 1.05 bits per heavy atom. The van der Waals surface area contributed by atoms with Crippen molar-refractivity contribution in [1.82, 2.24) is 4.90 Å². The second-order valence-electron chi connectivity index (χ2n) is 13.5. The summed E-state index contributed by atoms with van der Waals surface area (Å²) < 4.78 is 18.2. The molecule has 1 aliphatic heterocycles. The van der Waals surface area contributed by atoms with Gasteiger partial charge in [-0.2, -0.15) is 0 Å². The van der Waals surface area contributed by atoms with E-state index in [9.17, 15) is 14.7 Å². The Hall–Kier alpha value is -2.16. The fraction of sp³-hybridized carbons (Fsp3) is 0.697. The summed E-state index contributed by atoms with van der Waals surface area (Å²) in [7, 11) is -0.687. The van der Waals surface area contributed by atoms with Gasteiger partial charge in [-0.3, -0.25) is 0 Å². The van der Waals surface area contributed by atoms with Crippen molar-refractivity contribution in [2.75, 3.05) is 7.05 Å². The van der Waals surface area contributed by atoms with Crippen LogP contribution in [0.1, 0.15) is 98.8 Å². The molecule has 230 valence electrons. The number of esters is 1. The van der Waals surface area contributed by atoms with E-state index in [-0.39, 0.29) is 40.9 Å². The molecular formula is C33H53NO6Si. The van der Waals surface area contributed by atoms with E-state index >= 15 is 0 Å². The SMILES string of the molecule is CC(C)[C@@H]1CC[C@@H](C)C[C@H]1O[C@H]1C=C([C@@H](O)c2ccccc2CN(C)C(=O)O[Si](C(C)C)(C(C)C)C(C)C)C(=O)O1. The van der Waals surface area contributed by atoms with Crippen LogP contribution in [0, 0.1) is 17.8 Å². The number of nitrogens with zero attached hydrogens (tertiary/aromatic N) is 1. The van der Waals surface area contributed by atoms with Crippen molar-refractivity contribution in [3.8, 4) is 0 Å². The van der Waals surface area contributed by atoms with Crippen LogP contribution in [0.25, 0.3) is 0 Å². The highest BCUT2D eigenvalue weighted by molar-refractivity contribution is 6.78. The standard InChI is InChI=1S/C33H53NO6Si/c1-20(2)26-16-15-24(9)17-29(26)38-30-18-28(32(36)39-30)31(35)27-14-12-11-13-25(27)19-34(10)33(37)40-41(21(3)4,22(5)6)23(7)8/h11-14,18,20-24,26,29-31,35H,15-17,19H2,1-10H3/t24-,26+,29-,30-,31+/m1/s1. The van der Waals surface area contributed by atoms with Gasteiger partial charge in [-0.05, 0) is 64.4 Å². The third kappa shape index (κ3) is 7.44. The van der Waals surface area contributed by atoms with E-state index in [0.29, 0.717) is 23.3 Å². The highest BCUT2D eigenvalue weighted by atomic mass is 28.4. The van der Waals surface area contributed by atoms with Gasteiger partial charge in [-0.1, -0.05) is 93.0 Å². The van der Waals surface area contributed by atoms with Gasteiger partial charge in [0.2, 0.25) is 6.29 Å². The first kappa shape index (κ1) is 33.3. The first-order valence-electron chi connectivity index (χ1n) is 15.5. The number of cyclic esters (lactones) is 1. The molecule has 1 saturated carbocycles. The predicted molar refractivity (Wildman–Crippen MR) is 165 cm³/mol. The van der Waals surface area contributed by atoms with Crippen LogP contribution in [0.15, 0.2) is 35.9 Å². The lowest BCUT2D eigenvalue weighted by Gasteiger charge is -2.42. The third-order valence-electron chi connectivity index (χ3n) is 9.38. The minimum atomic E-state index is -2.40. The Kier molecular flexibility index (Phi) is 11.3. The van der Waals surface area contributed by atoms with Crippen molar-refractivity contribution in [1.29, 1.82) is 0 Å². The molecule has 0 spiro atoms. The summed E-state index contributed by atoms with van der Waals surface area (Å²) in [4.78, 5) is 27.8. The second-order valence-corrected chi connectivity index (χ2v) is 18.9. The summed E-state index contributed by atoms with van der Waals surface area (Å²) in [6.07, 6.45) is 2.48. The highest BCUT2D eigenvalue weighted by Gasteiger charge is 2.48. The largest absolute Gasteiger partial charge is 0.503 e. The zero-order chi connectivity index (χ0) is 30.6. The first-order chi connectivity index (χ1) is 19.2. The van der Waals surface area contributed by atoms with Crippen molar-refractivity contribution in [2.45, 2.75) is 123 Å². The molecule has 0 saturated heterocycles. The Morgan fingerprint density at radius 3 is 2.24 bits per heavy atom. The predicted octanol–water partition coefficient (Wildman–Crippen LogP) is 7.75. The number of carbonyl (C=O) groups is 2. The Balaban J connectivity index is 1.77. The number of amides is 1. The molecule has 1 N–H and O–H groups in total. The molecule has 0 unspecified atom stereocenters. The summed E-state index contributed by atoms with van der Waals surface area (Å²) in [5.41, 5.74) is 2.29. The summed E-state index contributed by atoms with van der Waals surface area (Å²) >= 11 is 0. The molecule has 0 radical (unpaired) electrons. The van der Waals surface area contributed by atoms with E-state index in [4.69, 9.17) is 13.9 Å². The maximum atomic E-state index is 13.4. The van der Waals surface area contributed by atoms with Crippen LogP contribution in [0.4, 0.5) is 4.79 Å². The topological polar surface area (TPSA) is 85.3 Å². The number of rotatable bonds is 11. The van der Waals surface area contributed by atoms with Gasteiger partial charge in [-0.25, -0.2) is 9.59 Å².